The number of nitrogens with zero attached hydrogens (tertiary/aromatic N) is 1. The second-order valence-electron chi connectivity index (χ2n) is 4.68. The Kier molecular flexibility index (Phi) is 5.97. The summed E-state index contributed by atoms with van der Waals surface area (Å²) in [6.07, 6.45) is 0. The van der Waals surface area contributed by atoms with Crippen molar-refractivity contribution in [2.45, 2.75) is 0 Å². The Morgan fingerprint density at radius 1 is 1.25 bits per heavy atom. The molecule has 0 aliphatic heterocycles. The topological polar surface area (TPSA) is 90.7 Å². The molecule has 0 aromatic heterocycles. The third kappa shape index (κ3) is 4.60. The van der Waals surface area contributed by atoms with Gasteiger partial charge in [-0.2, -0.15) is 0 Å². The molecule has 0 saturated heterocycles. The Hall–Kier alpha value is -2.80. The van der Waals surface area contributed by atoms with Crippen LogP contribution in [0.25, 0.3) is 0 Å². The molecule has 8 heteroatoms. The molecule has 0 spiro atoms. The minimum Gasteiger partial charge on any atom is -0.490 e. The van der Waals surface area contributed by atoms with Crippen LogP contribution in [0.2, 0.25) is 5.02 Å². The van der Waals surface area contributed by atoms with Crippen molar-refractivity contribution in [2.24, 2.45) is 0 Å². The molecule has 0 aliphatic rings. The highest BCUT2D eigenvalue weighted by atomic mass is 35.5. The third-order valence-electron chi connectivity index (χ3n) is 3.08. The molecule has 1 N–H and O–H groups in total. The molecule has 0 aliphatic carbocycles. The van der Waals surface area contributed by atoms with Gasteiger partial charge in [0.15, 0.2) is 0 Å². The number of rotatable bonds is 7. The molecule has 0 saturated carbocycles. The van der Waals surface area contributed by atoms with Crippen LogP contribution in [0.4, 0.5) is 11.4 Å². The maximum Gasteiger partial charge on any atom is 0.340 e. The second-order valence-corrected chi connectivity index (χ2v) is 5.12. The molecule has 0 unspecified atom stereocenters. The number of carbonyl (C=O) groups is 1. The molecule has 0 amide bonds. The quantitative estimate of drug-likeness (QED) is 0.355. The number of hydrogen-bond acceptors (Lipinski definition) is 6. The zero-order chi connectivity index (χ0) is 17.5. The second kappa shape index (κ2) is 8.16. The lowest BCUT2D eigenvalue weighted by Crippen LogP contribution is -2.14. The predicted molar refractivity (Wildman–Crippen MR) is 89.9 cm³/mol. The highest BCUT2D eigenvalue weighted by molar-refractivity contribution is 6.30. The molecule has 2 rings (SSSR count). The number of nitro groups is 1. The Morgan fingerprint density at radius 2 is 2.04 bits per heavy atom. The number of ether oxygens (including phenoxy) is 2. The van der Waals surface area contributed by atoms with E-state index < -0.39 is 10.9 Å². The van der Waals surface area contributed by atoms with Crippen LogP contribution in [-0.4, -0.2) is 31.2 Å². The molecule has 2 aromatic rings. The first-order valence-electron chi connectivity index (χ1n) is 7.03. The lowest BCUT2D eigenvalue weighted by atomic mass is 10.1. The van der Waals surface area contributed by atoms with E-state index in [0.29, 0.717) is 16.5 Å². The summed E-state index contributed by atoms with van der Waals surface area (Å²) in [5.74, 6) is -0.109. The van der Waals surface area contributed by atoms with Gasteiger partial charge in [0, 0.05) is 29.9 Å². The van der Waals surface area contributed by atoms with Crippen LogP contribution in [0, 0.1) is 10.1 Å². The zero-order valence-electron chi connectivity index (χ0n) is 12.8. The normalized spacial score (nSPS) is 10.1. The Bertz CT molecular complexity index is 751. The summed E-state index contributed by atoms with van der Waals surface area (Å²) < 4.78 is 10.5. The van der Waals surface area contributed by atoms with Crippen LogP contribution < -0.4 is 10.1 Å². The van der Waals surface area contributed by atoms with Crippen molar-refractivity contribution in [2.75, 3.05) is 25.6 Å². The largest absolute Gasteiger partial charge is 0.490 e. The summed E-state index contributed by atoms with van der Waals surface area (Å²) in [7, 11) is 1.61. The van der Waals surface area contributed by atoms with Crippen LogP contribution >= 0.6 is 11.6 Å². The minimum atomic E-state index is -0.669. The van der Waals surface area contributed by atoms with Gasteiger partial charge in [0.2, 0.25) is 0 Å². The number of hydrogen-bond donors (Lipinski definition) is 1. The van der Waals surface area contributed by atoms with Crippen LogP contribution in [0.5, 0.6) is 5.75 Å². The lowest BCUT2D eigenvalue weighted by Gasteiger charge is -2.10. The van der Waals surface area contributed by atoms with Crippen molar-refractivity contribution < 1.29 is 19.2 Å². The van der Waals surface area contributed by atoms with E-state index in [1.54, 1.807) is 31.3 Å². The van der Waals surface area contributed by atoms with Crippen molar-refractivity contribution in [3.8, 4) is 5.75 Å². The van der Waals surface area contributed by atoms with E-state index in [4.69, 9.17) is 21.1 Å². The summed E-state index contributed by atoms with van der Waals surface area (Å²) in [4.78, 5) is 22.4. The van der Waals surface area contributed by atoms with E-state index >= 15 is 0 Å². The van der Waals surface area contributed by atoms with Gasteiger partial charge in [0.1, 0.15) is 19.0 Å². The van der Waals surface area contributed by atoms with Crippen molar-refractivity contribution in [3.05, 3.63) is 63.2 Å². The molecule has 0 atom stereocenters. The SMILES string of the molecule is CNc1ccc([N+](=O)[O-])cc1C(=O)OCCOc1cccc(Cl)c1. The number of esters is 1. The fourth-order valence-corrected chi connectivity index (χ4v) is 2.14. The van der Waals surface area contributed by atoms with Gasteiger partial charge in [0.25, 0.3) is 5.69 Å². The third-order valence-corrected chi connectivity index (χ3v) is 3.32. The Morgan fingerprint density at radius 3 is 2.71 bits per heavy atom. The number of benzene rings is 2. The molecule has 2 aromatic carbocycles. The molecule has 0 bridgehead atoms. The number of nitrogens with one attached hydrogen (secondary N) is 1. The van der Waals surface area contributed by atoms with E-state index in [-0.39, 0.29) is 24.5 Å². The monoisotopic (exact) mass is 350 g/mol. The maximum atomic E-state index is 12.1. The average Bonchev–Trinajstić information content (AvgIpc) is 2.58. The van der Waals surface area contributed by atoms with Gasteiger partial charge < -0.3 is 14.8 Å². The van der Waals surface area contributed by atoms with E-state index in [0.717, 1.165) is 0 Å². The standard InChI is InChI=1S/C16H15ClN2O5/c1-18-15-6-5-12(19(21)22)10-14(15)16(20)24-8-7-23-13-4-2-3-11(17)9-13/h2-6,9-10,18H,7-8H2,1H3. The van der Waals surface area contributed by atoms with Crippen molar-refractivity contribution in [1.29, 1.82) is 0 Å². The summed E-state index contributed by atoms with van der Waals surface area (Å²) in [6.45, 7) is 0.132. The summed E-state index contributed by atoms with van der Waals surface area (Å²) in [5.41, 5.74) is 0.354. The summed E-state index contributed by atoms with van der Waals surface area (Å²) >= 11 is 5.83. The lowest BCUT2D eigenvalue weighted by molar-refractivity contribution is -0.384. The molecule has 24 heavy (non-hydrogen) atoms. The van der Waals surface area contributed by atoms with Crippen molar-refractivity contribution in [3.63, 3.8) is 0 Å². The molecular formula is C16H15ClN2O5. The number of nitro benzene ring substituents is 1. The van der Waals surface area contributed by atoms with Gasteiger partial charge in [-0.25, -0.2) is 4.79 Å². The number of anilines is 1. The van der Waals surface area contributed by atoms with Crippen LogP contribution in [0.3, 0.4) is 0 Å². The molecule has 0 fully saturated rings. The van der Waals surface area contributed by atoms with E-state index in [1.807, 2.05) is 0 Å². The van der Waals surface area contributed by atoms with Gasteiger partial charge in [-0.1, -0.05) is 17.7 Å². The van der Waals surface area contributed by atoms with Crippen LogP contribution in [0.15, 0.2) is 42.5 Å². The first kappa shape index (κ1) is 17.6. The zero-order valence-corrected chi connectivity index (χ0v) is 13.6. The predicted octanol–water partition coefficient (Wildman–Crippen LogP) is 3.53. The average molecular weight is 351 g/mol. The first-order valence-corrected chi connectivity index (χ1v) is 7.40. The Labute approximate surface area is 143 Å². The van der Waals surface area contributed by atoms with Crippen LogP contribution in [0.1, 0.15) is 10.4 Å². The van der Waals surface area contributed by atoms with Crippen molar-refractivity contribution >= 4 is 28.9 Å². The van der Waals surface area contributed by atoms with Gasteiger partial charge in [-0.3, -0.25) is 10.1 Å². The molecule has 0 radical (unpaired) electrons. The highest BCUT2D eigenvalue weighted by Gasteiger charge is 2.17. The minimum absolute atomic E-state index is 0.00278. The number of halogens is 1. The fourth-order valence-electron chi connectivity index (χ4n) is 1.96. The first-order chi connectivity index (χ1) is 11.5. The van der Waals surface area contributed by atoms with Crippen LogP contribution in [-0.2, 0) is 4.74 Å². The van der Waals surface area contributed by atoms with Gasteiger partial charge in [0.05, 0.1) is 10.5 Å². The summed E-state index contributed by atoms with van der Waals surface area (Å²) in [6, 6.07) is 10.8. The summed E-state index contributed by atoms with van der Waals surface area (Å²) in [5, 5.41) is 14.2. The fraction of sp³-hybridized carbons (Fsp3) is 0.188. The number of carbonyl (C=O) groups excluding carboxylic acids is 1. The van der Waals surface area contributed by atoms with E-state index in [9.17, 15) is 14.9 Å². The molecule has 126 valence electrons. The molecule has 7 nitrogen and oxygen atoms in total. The smallest absolute Gasteiger partial charge is 0.340 e. The van der Waals surface area contributed by atoms with Gasteiger partial charge >= 0.3 is 5.97 Å². The van der Waals surface area contributed by atoms with Crippen molar-refractivity contribution in [1.82, 2.24) is 0 Å². The molecular weight excluding hydrogens is 336 g/mol. The Balaban J connectivity index is 1.94. The van der Waals surface area contributed by atoms with Gasteiger partial charge in [-0.05, 0) is 24.3 Å². The van der Waals surface area contributed by atoms with Gasteiger partial charge in [-0.15, -0.1) is 0 Å². The highest BCUT2D eigenvalue weighted by Crippen LogP contribution is 2.22. The van der Waals surface area contributed by atoms with E-state index in [1.165, 1.54) is 18.2 Å². The van der Waals surface area contributed by atoms with E-state index in [2.05, 4.69) is 5.32 Å². The maximum absolute atomic E-state index is 12.1. The molecule has 0 heterocycles. The number of non-ortho nitro benzene ring substituents is 1.